The van der Waals surface area contributed by atoms with Crippen LogP contribution in [-0.4, -0.2) is 11.1 Å². The predicted octanol–water partition coefficient (Wildman–Crippen LogP) is 7.20. The van der Waals surface area contributed by atoms with E-state index in [9.17, 15) is 9.90 Å². The molecule has 0 radical (unpaired) electrons. The molecule has 160 valence electrons. The highest BCUT2D eigenvalue weighted by Gasteiger charge is 2.28. The van der Waals surface area contributed by atoms with Gasteiger partial charge in [0.2, 0.25) is 0 Å². The number of carbonyl (C=O) groups excluding carboxylic acids is 1. The third-order valence-electron chi connectivity index (χ3n) is 5.18. The highest BCUT2D eigenvalue weighted by atomic mass is 16.5. The molecule has 0 aliphatic rings. The van der Waals surface area contributed by atoms with Crippen molar-refractivity contribution in [3.63, 3.8) is 0 Å². The Kier molecular flexibility index (Phi) is 8.59. The molecule has 0 aliphatic heterocycles. The van der Waals surface area contributed by atoms with Gasteiger partial charge >= 0.3 is 5.97 Å². The highest BCUT2D eigenvalue weighted by molar-refractivity contribution is 5.66. The number of benzene rings is 1. The molecule has 0 saturated carbocycles. The molecule has 1 aromatic rings. The number of unbranched alkanes of at least 4 members (excludes halogenated alkanes) is 2. The van der Waals surface area contributed by atoms with Crippen molar-refractivity contribution in [3.8, 4) is 5.75 Å². The Morgan fingerprint density at radius 2 is 1.39 bits per heavy atom. The molecule has 1 atom stereocenters. The van der Waals surface area contributed by atoms with E-state index < -0.39 is 0 Å². The highest BCUT2D eigenvalue weighted by Crippen LogP contribution is 2.42. The van der Waals surface area contributed by atoms with Crippen molar-refractivity contribution in [3.05, 3.63) is 28.8 Å². The number of carbonyl (C=O) groups is 1. The predicted molar refractivity (Wildman–Crippen MR) is 118 cm³/mol. The lowest BCUT2D eigenvalue weighted by molar-refractivity contribution is -0.147. The topological polar surface area (TPSA) is 46.5 Å². The third-order valence-corrected chi connectivity index (χ3v) is 5.18. The molecule has 0 aliphatic carbocycles. The van der Waals surface area contributed by atoms with Crippen LogP contribution in [-0.2, 0) is 20.4 Å². The molecule has 0 aromatic heterocycles. The van der Waals surface area contributed by atoms with Gasteiger partial charge in [-0.3, -0.25) is 4.79 Å². The van der Waals surface area contributed by atoms with Gasteiger partial charge in [-0.25, -0.2) is 0 Å². The standard InChI is InChI=1S/C25H42O3/c1-17(2)13-11-10-12-14-22(28-18(3)26)19-15-20(24(4,5)6)23(27)21(16-19)25(7,8)9/h15-17,22,27H,10-14H2,1-9H3. The van der Waals surface area contributed by atoms with Gasteiger partial charge in [0.1, 0.15) is 11.9 Å². The van der Waals surface area contributed by atoms with Crippen molar-refractivity contribution in [1.29, 1.82) is 0 Å². The second-order valence-corrected chi connectivity index (χ2v) is 10.6. The van der Waals surface area contributed by atoms with Crippen molar-refractivity contribution in [1.82, 2.24) is 0 Å². The molecule has 0 spiro atoms. The van der Waals surface area contributed by atoms with E-state index in [4.69, 9.17) is 4.74 Å². The molecular weight excluding hydrogens is 348 g/mol. The number of phenols is 1. The van der Waals surface area contributed by atoms with Gasteiger partial charge in [0.05, 0.1) is 0 Å². The molecule has 28 heavy (non-hydrogen) atoms. The Morgan fingerprint density at radius 3 is 1.79 bits per heavy atom. The Morgan fingerprint density at radius 1 is 0.929 bits per heavy atom. The maximum absolute atomic E-state index is 11.8. The second-order valence-electron chi connectivity index (χ2n) is 10.6. The van der Waals surface area contributed by atoms with Gasteiger partial charge < -0.3 is 9.84 Å². The first-order valence-corrected chi connectivity index (χ1v) is 10.8. The van der Waals surface area contributed by atoms with E-state index in [-0.39, 0.29) is 22.9 Å². The number of esters is 1. The molecule has 0 bridgehead atoms. The summed E-state index contributed by atoms with van der Waals surface area (Å²) in [4.78, 5) is 11.8. The minimum Gasteiger partial charge on any atom is -0.507 e. The Labute approximate surface area is 172 Å². The maximum atomic E-state index is 11.8. The van der Waals surface area contributed by atoms with Crippen LogP contribution in [0.2, 0.25) is 0 Å². The van der Waals surface area contributed by atoms with Crippen LogP contribution in [0.5, 0.6) is 5.75 Å². The fraction of sp³-hybridized carbons (Fsp3) is 0.720. The quantitative estimate of drug-likeness (QED) is 0.377. The van der Waals surface area contributed by atoms with Crippen LogP contribution in [0, 0.1) is 5.92 Å². The molecule has 1 unspecified atom stereocenters. The molecule has 1 N–H and O–H groups in total. The zero-order chi connectivity index (χ0) is 21.7. The summed E-state index contributed by atoms with van der Waals surface area (Å²) in [6.45, 7) is 18.6. The first-order chi connectivity index (χ1) is 12.7. The van der Waals surface area contributed by atoms with Crippen molar-refractivity contribution in [2.75, 3.05) is 0 Å². The van der Waals surface area contributed by atoms with Crippen molar-refractivity contribution in [2.24, 2.45) is 5.92 Å². The molecule has 0 amide bonds. The molecule has 1 rings (SSSR count). The molecule has 1 aromatic carbocycles. The summed E-state index contributed by atoms with van der Waals surface area (Å²) < 4.78 is 5.72. The lowest BCUT2D eigenvalue weighted by atomic mass is 9.77. The Bertz CT molecular complexity index is 610. The van der Waals surface area contributed by atoms with Gasteiger partial charge in [-0.05, 0) is 58.4 Å². The van der Waals surface area contributed by atoms with Gasteiger partial charge in [0.25, 0.3) is 0 Å². The van der Waals surface area contributed by atoms with Crippen LogP contribution in [0.15, 0.2) is 12.1 Å². The second kappa shape index (κ2) is 9.80. The molecule has 0 heterocycles. The average molecular weight is 391 g/mol. The van der Waals surface area contributed by atoms with Gasteiger partial charge in [0.15, 0.2) is 0 Å². The van der Waals surface area contributed by atoms with Crippen molar-refractivity contribution in [2.45, 2.75) is 111 Å². The van der Waals surface area contributed by atoms with Crippen LogP contribution >= 0.6 is 0 Å². The maximum Gasteiger partial charge on any atom is 0.303 e. The van der Waals surface area contributed by atoms with Crippen LogP contribution in [0.25, 0.3) is 0 Å². The minimum atomic E-state index is -0.264. The summed E-state index contributed by atoms with van der Waals surface area (Å²) in [5, 5.41) is 10.9. The average Bonchev–Trinajstić information content (AvgIpc) is 2.50. The van der Waals surface area contributed by atoms with E-state index in [1.54, 1.807) is 0 Å². The van der Waals surface area contributed by atoms with Gasteiger partial charge in [-0.15, -0.1) is 0 Å². The van der Waals surface area contributed by atoms with E-state index in [1.165, 1.54) is 19.8 Å². The largest absolute Gasteiger partial charge is 0.507 e. The van der Waals surface area contributed by atoms with E-state index in [0.717, 1.165) is 41.9 Å². The van der Waals surface area contributed by atoms with E-state index >= 15 is 0 Å². The smallest absolute Gasteiger partial charge is 0.303 e. The first kappa shape index (κ1) is 24.5. The number of rotatable bonds is 8. The van der Waals surface area contributed by atoms with Crippen LogP contribution < -0.4 is 0 Å². The van der Waals surface area contributed by atoms with Crippen LogP contribution in [0.4, 0.5) is 0 Å². The zero-order valence-electron chi connectivity index (χ0n) is 19.6. The summed E-state index contributed by atoms with van der Waals surface area (Å²) >= 11 is 0. The summed E-state index contributed by atoms with van der Waals surface area (Å²) in [5.41, 5.74) is 2.42. The Hall–Kier alpha value is -1.51. The van der Waals surface area contributed by atoms with Gasteiger partial charge in [-0.1, -0.05) is 74.7 Å². The number of phenolic OH excluding ortho intramolecular Hbond substituents is 1. The summed E-state index contributed by atoms with van der Waals surface area (Å²) in [6, 6.07) is 4.07. The van der Waals surface area contributed by atoms with Crippen molar-refractivity contribution < 1.29 is 14.6 Å². The lowest BCUT2D eigenvalue weighted by Gasteiger charge is -2.30. The van der Waals surface area contributed by atoms with Gasteiger partial charge in [0, 0.05) is 6.92 Å². The Balaban J connectivity index is 3.22. The van der Waals surface area contributed by atoms with Gasteiger partial charge in [-0.2, -0.15) is 0 Å². The van der Waals surface area contributed by atoms with E-state index in [0.29, 0.717) is 5.75 Å². The SMILES string of the molecule is CC(=O)OC(CCCCCC(C)C)c1cc(C(C)(C)C)c(O)c(C(C)(C)C)c1. The molecule has 0 saturated heterocycles. The minimum absolute atomic E-state index is 0.196. The number of hydrogen-bond acceptors (Lipinski definition) is 3. The fourth-order valence-corrected chi connectivity index (χ4v) is 3.54. The number of ether oxygens (including phenoxy) is 1. The third kappa shape index (κ3) is 7.48. The summed E-state index contributed by atoms with van der Waals surface area (Å²) in [6.07, 6.45) is 5.17. The monoisotopic (exact) mass is 390 g/mol. The van der Waals surface area contributed by atoms with Crippen LogP contribution in [0.3, 0.4) is 0 Å². The molecule has 0 fully saturated rings. The lowest BCUT2D eigenvalue weighted by Crippen LogP contribution is -2.19. The first-order valence-electron chi connectivity index (χ1n) is 10.8. The van der Waals surface area contributed by atoms with Crippen molar-refractivity contribution >= 4 is 5.97 Å². The summed E-state index contributed by atoms with van der Waals surface area (Å²) in [5.74, 6) is 0.835. The number of aromatic hydroxyl groups is 1. The normalized spacial score (nSPS) is 13.6. The number of hydrogen-bond donors (Lipinski definition) is 1. The van der Waals surface area contributed by atoms with Crippen LogP contribution in [0.1, 0.15) is 117 Å². The van der Waals surface area contributed by atoms with E-state index in [1.807, 2.05) is 12.1 Å². The fourth-order valence-electron chi connectivity index (χ4n) is 3.54. The zero-order valence-corrected chi connectivity index (χ0v) is 19.6. The van der Waals surface area contributed by atoms with E-state index in [2.05, 4.69) is 55.4 Å². The molecule has 3 heteroatoms. The molecular formula is C25H42O3. The summed E-state index contributed by atoms with van der Waals surface area (Å²) in [7, 11) is 0. The molecule has 3 nitrogen and oxygen atoms in total.